The fraction of sp³-hybridized carbons (Fsp3) is 0.600. The lowest BCUT2D eigenvalue weighted by Gasteiger charge is -2.15. The van der Waals surface area contributed by atoms with Gasteiger partial charge in [0.25, 0.3) is 0 Å². The molecule has 0 aliphatic rings. The van der Waals surface area contributed by atoms with E-state index in [1.807, 2.05) is 6.92 Å². The topological polar surface area (TPSA) is 80.3 Å². The Labute approximate surface area is 134 Å². The Bertz CT molecular complexity index is 677. The molecule has 0 radical (unpaired) electrons. The molecule has 0 aliphatic carbocycles. The van der Waals surface area contributed by atoms with E-state index >= 15 is 0 Å². The molecule has 1 N–H and O–H groups in total. The Morgan fingerprint density at radius 1 is 0.909 bits per heavy atom. The van der Waals surface area contributed by atoms with Crippen LogP contribution in [0.4, 0.5) is 0 Å². The van der Waals surface area contributed by atoms with Gasteiger partial charge in [0.2, 0.25) is 10.0 Å². The number of rotatable bonds is 8. The second-order valence-corrected chi connectivity index (χ2v) is 9.82. The smallest absolute Gasteiger partial charge is 0.224 e. The first-order valence-electron chi connectivity index (χ1n) is 7.35. The number of sulfonamides is 1. The molecule has 5 nitrogen and oxygen atoms in total. The number of benzene rings is 1. The predicted octanol–water partition coefficient (Wildman–Crippen LogP) is 2.58. The van der Waals surface area contributed by atoms with Crippen molar-refractivity contribution in [2.45, 2.75) is 55.9 Å². The fourth-order valence-corrected chi connectivity index (χ4v) is 4.00. The Balaban J connectivity index is 2.74. The Morgan fingerprint density at radius 3 is 1.86 bits per heavy atom. The van der Waals surface area contributed by atoms with E-state index in [1.54, 1.807) is 0 Å². The second-order valence-electron chi connectivity index (χ2n) is 6.09. The minimum Gasteiger partial charge on any atom is -0.224 e. The van der Waals surface area contributed by atoms with Crippen LogP contribution in [0.2, 0.25) is 0 Å². The first kappa shape index (κ1) is 19.1. The van der Waals surface area contributed by atoms with E-state index in [0.29, 0.717) is 5.92 Å². The third-order valence-electron chi connectivity index (χ3n) is 3.34. The molecule has 0 heterocycles. The molecule has 0 bridgehead atoms. The Kier molecular flexibility index (Phi) is 6.58. The summed E-state index contributed by atoms with van der Waals surface area (Å²) >= 11 is 0. The molecule has 1 unspecified atom stereocenters. The van der Waals surface area contributed by atoms with E-state index in [2.05, 4.69) is 18.6 Å². The molecule has 0 amide bonds. The Morgan fingerprint density at radius 2 is 1.41 bits per heavy atom. The summed E-state index contributed by atoms with van der Waals surface area (Å²) in [4.78, 5) is 0.187. The Hall–Kier alpha value is -0.920. The minimum absolute atomic E-state index is 0.0793. The molecule has 1 aromatic rings. The number of hydrogen-bond donors (Lipinski definition) is 1. The molecule has 0 spiro atoms. The average Bonchev–Trinajstić information content (AvgIpc) is 2.36. The van der Waals surface area contributed by atoms with Gasteiger partial charge in [-0.1, -0.05) is 26.7 Å². The van der Waals surface area contributed by atoms with E-state index in [4.69, 9.17) is 0 Å². The highest BCUT2D eigenvalue weighted by molar-refractivity contribution is 7.90. The van der Waals surface area contributed by atoms with Crippen molar-refractivity contribution in [1.82, 2.24) is 4.72 Å². The molecule has 1 aromatic carbocycles. The highest BCUT2D eigenvalue weighted by atomic mass is 32.2. The van der Waals surface area contributed by atoms with E-state index in [9.17, 15) is 16.8 Å². The zero-order valence-corrected chi connectivity index (χ0v) is 15.2. The van der Waals surface area contributed by atoms with Gasteiger partial charge in [-0.2, -0.15) is 0 Å². The maximum atomic E-state index is 12.2. The fourth-order valence-electron chi connectivity index (χ4n) is 2.09. The highest BCUT2D eigenvalue weighted by Gasteiger charge is 2.18. The lowest BCUT2D eigenvalue weighted by atomic mass is 10.0. The van der Waals surface area contributed by atoms with E-state index in [0.717, 1.165) is 25.5 Å². The minimum atomic E-state index is -3.62. The van der Waals surface area contributed by atoms with Gasteiger partial charge >= 0.3 is 0 Å². The van der Waals surface area contributed by atoms with Gasteiger partial charge in [-0.3, -0.25) is 0 Å². The van der Waals surface area contributed by atoms with Crippen molar-refractivity contribution in [3.05, 3.63) is 24.3 Å². The molecular formula is C15H25NO4S2. The van der Waals surface area contributed by atoms with Crippen LogP contribution in [0.3, 0.4) is 0 Å². The molecule has 22 heavy (non-hydrogen) atoms. The van der Waals surface area contributed by atoms with Crippen molar-refractivity contribution in [3.8, 4) is 0 Å². The van der Waals surface area contributed by atoms with E-state index < -0.39 is 19.9 Å². The normalized spacial score (nSPS) is 14.2. The standard InChI is InChI=1S/C15H25NO4S2/c1-12(2)6-5-7-13(3)16-22(19,20)15-10-8-14(9-11-15)21(4,17)18/h8-13,16H,5-7H2,1-4H3. The molecule has 0 aliphatic heterocycles. The van der Waals surface area contributed by atoms with Crippen LogP contribution in [0.1, 0.15) is 40.0 Å². The maximum absolute atomic E-state index is 12.2. The molecule has 126 valence electrons. The van der Waals surface area contributed by atoms with Gasteiger partial charge in [0.05, 0.1) is 9.79 Å². The zero-order valence-electron chi connectivity index (χ0n) is 13.5. The predicted molar refractivity (Wildman–Crippen MR) is 88.0 cm³/mol. The van der Waals surface area contributed by atoms with Gasteiger partial charge in [-0.05, 0) is 43.5 Å². The monoisotopic (exact) mass is 347 g/mol. The van der Waals surface area contributed by atoms with Crippen LogP contribution in [-0.2, 0) is 19.9 Å². The van der Waals surface area contributed by atoms with Gasteiger partial charge in [-0.25, -0.2) is 21.6 Å². The van der Waals surface area contributed by atoms with Crippen LogP contribution in [0.15, 0.2) is 34.1 Å². The maximum Gasteiger partial charge on any atom is 0.240 e. The summed E-state index contributed by atoms with van der Waals surface area (Å²) in [5.41, 5.74) is 0. The summed E-state index contributed by atoms with van der Waals surface area (Å²) in [5, 5.41) is 0. The van der Waals surface area contributed by atoms with E-state index in [-0.39, 0.29) is 15.8 Å². The summed E-state index contributed by atoms with van der Waals surface area (Å²) in [5.74, 6) is 0.604. The summed E-state index contributed by atoms with van der Waals surface area (Å²) in [6.07, 6.45) is 3.90. The summed E-state index contributed by atoms with van der Waals surface area (Å²) in [7, 11) is -6.94. The molecule has 1 atom stereocenters. The third kappa shape index (κ3) is 6.06. The van der Waals surface area contributed by atoms with Gasteiger partial charge < -0.3 is 0 Å². The summed E-state index contributed by atoms with van der Waals surface area (Å²) in [6.45, 7) is 6.11. The molecule has 7 heteroatoms. The first-order valence-corrected chi connectivity index (χ1v) is 10.7. The van der Waals surface area contributed by atoms with E-state index in [1.165, 1.54) is 24.3 Å². The number of nitrogens with one attached hydrogen (secondary N) is 1. The average molecular weight is 348 g/mol. The molecular weight excluding hydrogens is 322 g/mol. The van der Waals surface area contributed by atoms with Gasteiger partial charge in [0.15, 0.2) is 9.84 Å². The van der Waals surface area contributed by atoms with Gasteiger partial charge in [0, 0.05) is 12.3 Å². The first-order chi connectivity index (χ1) is 10.0. The SMILES string of the molecule is CC(C)CCCC(C)NS(=O)(=O)c1ccc(S(C)(=O)=O)cc1. The third-order valence-corrected chi connectivity index (χ3v) is 6.07. The molecule has 0 aromatic heterocycles. The molecule has 0 fully saturated rings. The quantitative estimate of drug-likeness (QED) is 0.784. The van der Waals surface area contributed by atoms with Crippen molar-refractivity contribution < 1.29 is 16.8 Å². The van der Waals surface area contributed by atoms with Crippen LogP contribution in [0.25, 0.3) is 0 Å². The lowest BCUT2D eigenvalue weighted by molar-refractivity contribution is 0.488. The van der Waals surface area contributed by atoms with Gasteiger partial charge in [0.1, 0.15) is 0 Å². The number of sulfone groups is 1. The highest BCUT2D eigenvalue weighted by Crippen LogP contribution is 2.16. The van der Waals surface area contributed by atoms with Crippen LogP contribution in [0.5, 0.6) is 0 Å². The van der Waals surface area contributed by atoms with Crippen LogP contribution in [-0.4, -0.2) is 29.1 Å². The summed E-state index contributed by atoms with van der Waals surface area (Å²) in [6, 6.07) is 5.11. The number of hydrogen-bond acceptors (Lipinski definition) is 4. The van der Waals surface area contributed by atoms with Crippen molar-refractivity contribution in [2.24, 2.45) is 5.92 Å². The molecule has 0 saturated heterocycles. The zero-order chi connectivity index (χ0) is 17.0. The largest absolute Gasteiger partial charge is 0.240 e. The van der Waals surface area contributed by atoms with Crippen molar-refractivity contribution in [3.63, 3.8) is 0 Å². The van der Waals surface area contributed by atoms with Gasteiger partial charge in [-0.15, -0.1) is 0 Å². The van der Waals surface area contributed by atoms with Crippen molar-refractivity contribution in [1.29, 1.82) is 0 Å². The van der Waals surface area contributed by atoms with Crippen LogP contribution >= 0.6 is 0 Å². The lowest BCUT2D eigenvalue weighted by Crippen LogP contribution is -2.32. The molecule has 0 saturated carbocycles. The second kappa shape index (κ2) is 7.57. The van der Waals surface area contributed by atoms with Crippen LogP contribution in [0, 0.1) is 5.92 Å². The van der Waals surface area contributed by atoms with Crippen molar-refractivity contribution in [2.75, 3.05) is 6.26 Å². The summed E-state index contributed by atoms with van der Waals surface area (Å²) < 4.78 is 49.9. The molecule has 1 rings (SSSR count). The van der Waals surface area contributed by atoms with Crippen molar-refractivity contribution >= 4 is 19.9 Å². The van der Waals surface area contributed by atoms with Crippen LogP contribution < -0.4 is 4.72 Å².